The van der Waals surface area contributed by atoms with Gasteiger partial charge in [0.1, 0.15) is 5.82 Å². The molecule has 1 aliphatic heterocycles. The van der Waals surface area contributed by atoms with Crippen LogP contribution in [0.5, 0.6) is 0 Å². The Balaban J connectivity index is 0.00000176. The van der Waals surface area contributed by atoms with Gasteiger partial charge in [0.05, 0.1) is 0 Å². The van der Waals surface area contributed by atoms with Crippen molar-refractivity contribution in [2.24, 2.45) is 0 Å². The van der Waals surface area contributed by atoms with Crippen molar-refractivity contribution in [1.82, 2.24) is 5.32 Å². The van der Waals surface area contributed by atoms with Crippen LogP contribution in [0.15, 0.2) is 36.4 Å². The second kappa shape index (κ2) is 6.90. The molecule has 1 heterocycles. The predicted molar refractivity (Wildman–Crippen MR) is 88.2 cm³/mol. The van der Waals surface area contributed by atoms with E-state index in [0.717, 1.165) is 25.2 Å². The molecule has 0 aromatic heterocycles. The monoisotopic (exact) mass is 320 g/mol. The largest absolute Gasteiger partial charge is 0.322 e. The molecular formula is C17H18ClFN2O. The summed E-state index contributed by atoms with van der Waals surface area (Å²) in [5, 5.41) is 6.18. The molecule has 3 nitrogen and oxygen atoms in total. The van der Waals surface area contributed by atoms with Gasteiger partial charge in [0.2, 0.25) is 0 Å². The maximum absolute atomic E-state index is 13.2. The van der Waals surface area contributed by atoms with Gasteiger partial charge < -0.3 is 10.6 Å². The first-order valence-corrected chi connectivity index (χ1v) is 7.03. The highest BCUT2D eigenvalue weighted by Crippen LogP contribution is 2.20. The third-order valence-electron chi connectivity index (χ3n) is 3.77. The lowest BCUT2D eigenvalue weighted by molar-refractivity contribution is 0.102. The fraction of sp³-hybridized carbons (Fsp3) is 0.235. The molecular weight excluding hydrogens is 303 g/mol. The molecule has 2 N–H and O–H groups in total. The SMILES string of the molecule is Cc1cc(C(=O)Nc2ccc3c(c2)CNCC3)ccc1F.Cl. The predicted octanol–water partition coefficient (Wildman–Crippen LogP) is 3.45. The molecule has 22 heavy (non-hydrogen) atoms. The van der Waals surface area contributed by atoms with Crippen molar-refractivity contribution in [3.05, 3.63) is 64.5 Å². The summed E-state index contributed by atoms with van der Waals surface area (Å²) >= 11 is 0. The highest BCUT2D eigenvalue weighted by atomic mass is 35.5. The molecule has 0 radical (unpaired) electrons. The Morgan fingerprint density at radius 3 is 2.77 bits per heavy atom. The minimum absolute atomic E-state index is 0. The molecule has 0 spiro atoms. The summed E-state index contributed by atoms with van der Waals surface area (Å²) in [5.41, 5.74) is 4.24. The summed E-state index contributed by atoms with van der Waals surface area (Å²) < 4.78 is 13.2. The van der Waals surface area contributed by atoms with E-state index >= 15 is 0 Å². The zero-order chi connectivity index (χ0) is 14.8. The summed E-state index contributed by atoms with van der Waals surface area (Å²) in [6.07, 6.45) is 1.01. The van der Waals surface area contributed by atoms with Crippen LogP contribution in [-0.4, -0.2) is 12.5 Å². The van der Waals surface area contributed by atoms with E-state index in [9.17, 15) is 9.18 Å². The van der Waals surface area contributed by atoms with E-state index in [1.165, 1.54) is 23.3 Å². The number of fused-ring (bicyclic) bond motifs is 1. The van der Waals surface area contributed by atoms with Crippen LogP contribution in [-0.2, 0) is 13.0 Å². The Kier molecular flexibility index (Phi) is 5.16. The molecule has 0 saturated heterocycles. The average Bonchev–Trinajstić information content (AvgIpc) is 2.50. The van der Waals surface area contributed by atoms with Gasteiger partial charge in [0.25, 0.3) is 5.91 Å². The summed E-state index contributed by atoms with van der Waals surface area (Å²) in [6.45, 7) is 3.47. The van der Waals surface area contributed by atoms with Gasteiger partial charge in [-0.1, -0.05) is 6.07 Å². The van der Waals surface area contributed by atoms with Crippen LogP contribution < -0.4 is 10.6 Å². The number of halogens is 2. The lowest BCUT2D eigenvalue weighted by Crippen LogP contribution is -2.23. The van der Waals surface area contributed by atoms with Crippen molar-refractivity contribution in [3.8, 4) is 0 Å². The number of nitrogens with one attached hydrogen (secondary N) is 2. The normalized spacial score (nSPS) is 13.0. The molecule has 2 aromatic carbocycles. The van der Waals surface area contributed by atoms with Gasteiger partial charge in [-0.05, 0) is 66.9 Å². The van der Waals surface area contributed by atoms with Gasteiger partial charge in [0, 0.05) is 17.8 Å². The van der Waals surface area contributed by atoms with Crippen LogP contribution in [0.1, 0.15) is 27.0 Å². The topological polar surface area (TPSA) is 41.1 Å². The maximum atomic E-state index is 13.2. The van der Waals surface area contributed by atoms with E-state index in [1.54, 1.807) is 13.0 Å². The first-order chi connectivity index (χ1) is 10.1. The zero-order valence-electron chi connectivity index (χ0n) is 12.3. The van der Waals surface area contributed by atoms with Gasteiger partial charge in [-0.3, -0.25) is 4.79 Å². The molecule has 0 fully saturated rings. The molecule has 0 saturated carbocycles. The number of carbonyl (C=O) groups is 1. The van der Waals surface area contributed by atoms with E-state index in [4.69, 9.17) is 0 Å². The van der Waals surface area contributed by atoms with Gasteiger partial charge in [0.15, 0.2) is 0 Å². The highest BCUT2D eigenvalue weighted by molar-refractivity contribution is 6.04. The molecule has 1 aliphatic rings. The van der Waals surface area contributed by atoms with Crippen molar-refractivity contribution in [3.63, 3.8) is 0 Å². The summed E-state index contributed by atoms with van der Waals surface area (Å²) in [7, 11) is 0. The molecule has 3 rings (SSSR count). The Hall–Kier alpha value is -1.91. The highest BCUT2D eigenvalue weighted by Gasteiger charge is 2.12. The first-order valence-electron chi connectivity index (χ1n) is 7.03. The Bertz CT molecular complexity index is 703. The molecule has 5 heteroatoms. The van der Waals surface area contributed by atoms with E-state index in [-0.39, 0.29) is 24.1 Å². The van der Waals surface area contributed by atoms with Crippen LogP contribution in [0.25, 0.3) is 0 Å². The van der Waals surface area contributed by atoms with Gasteiger partial charge in [-0.2, -0.15) is 0 Å². The number of benzene rings is 2. The fourth-order valence-electron chi connectivity index (χ4n) is 2.55. The van der Waals surface area contributed by atoms with Gasteiger partial charge >= 0.3 is 0 Å². The number of rotatable bonds is 2. The van der Waals surface area contributed by atoms with Crippen molar-refractivity contribution in [2.45, 2.75) is 19.9 Å². The molecule has 0 unspecified atom stereocenters. The minimum atomic E-state index is -0.300. The molecule has 0 bridgehead atoms. The fourth-order valence-corrected chi connectivity index (χ4v) is 2.55. The Morgan fingerprint density at radius 1 is 1.18 bits per heavy atom. The molecule has 0 atom stereocenters. The molecule has 2 aromatic rings. The van der Waals surface area contributed by atoms with E-state index in [1.807, 2.05) is 12.1 Å². The van der Waals surface area contributed by atoms with E-state index < -0.39 is 0 Å². The Morgan fingerprint density at radius 2 is 2.00 bits per heavy atom. The molecule has 0 aliphatic carbocycles. The van der Waals surface area contributed by atoms with E-state index in [2.05, 4.69) is 16.7 Å². The van der Waals surface area contributed by atoms with Crippen LogP contribution in [0.2, 0.25) is 0 Å². The number of carbonyl (C=O) groups excluding carboxylic acids is 1. The quantitative estimate of drug-likeness (QED) is 0.890. The van der Waals surface area contributed by atoms with Crippen LogP contribution in [0.4, 0.5) is 10.1 Å². The van der Waals surface area contributed by atoms with Crippen LogP contribution >= 0.6 is 12.4 Å². The number of aryl methyl sites for hydroxylation is 1. The second-order valence-corrected chi connectivity index (χ2v) is 5.33. The van der Waals surface area contributed by atoms with Gasteiger partial charge in [-0.15, -0.1) is 12.4 Å². The number of amides is 1. The third kappa shape index (κ3) is 3.46. The van der Waals surface area contributed by atoms with Crippen molar-refractivity contribution in [1.29, 1.82) is 0 Å². The number of hydrogen-bond donors (Lipinski definition) is 2. The van der Waals surface area contributed by atoms with Crippen molar-refractivity contribution in [2.75, 3.05) is 11.9 Å². The lowest BCUT2D eigenvalue weighted by atomic mass is 10.0. The molecule has 116 valence electrons. The number of anilines is 1. The summed E-state index contributed by atoms with van der Waals surface area (Å²) in [5.74, 6) is -0.520. The Labute approximate surface area is 135 Å². The second-order valence-electron chi connectivity index (χ2n) is 5.33. The number of hydrogen-bond acceptors (Lipinski definition) is 2. The first kappa shape index (κ1) is 16.5. The third-order valence-corrected chi connectivity index (χ3v) is 3.77. The minimum Gasteiger partial charge on any atom is -0.322 e. The van der Waals surface area contributed by atoms with Gasteiger partial charge in [-0.25, -0.2) is 4.39 Å². The lowest BCUT2D eigenvalue weighted by Gasteiger charge is -2.18. The smallest absolute Gasteiger partial charge is 0.255 e. The maximum Gasteiger partial charge on any atom is 0.255 e. The molecule has 1 amide bonds. The standard InChI is InChI=1S/C17H17FN2O.ClH/c1-11-8-13(3-5-16(11)18)17(21)20-15-4-2-12-6-7-19-10-14(12)9-15;/h2-5,8-9,19H,6-7,10H2,1H3,(H,20,21);1H. The van der Waals surface area contributed by atoms with Crippen molar-refractivity contribution < 1.29 is 9.18 Å². The van der Waals surface area contributed by atoms with Crippen LogP contribution in [0, 0.1) is 12.7 Å². The summed E-state index contributed by atoms with van der Waals surface area (Å²) in [4.78, 5) is 12.2. The van der Waals surface area contributed by atoms with Crippen molar-refractivity contribution >= 4 is 24.0 Å². The average molecular weight is 321 g/mol. The van der Waals surface area contributed by atoms with E-state index in [0.29, 0.717) is 11.1 Å². The van der Waals surface area contributed by atoms with Crippen LogP contribution in [0.3, 0.4) is 0 Å². The summed E-state index contributed by atoms with van der Waals surface area (Å²) in [6, 6.07) is 10.3. The zero-order valence-corrected chi connectivity index (χ0v) is 13.1.